The van der Waals surface area contributed by atoms with Gasteiger partial charge in [-0.3, -0.25) is 13.9 Å². The summed E-state index contributed by atoms with van der Waals surface area (Å²) in [6, 6.07) is 11.6. The van der Waals surface area contributed by atoms with E-state index in [1.54, 1.807) is 46.4 Å². The summed E-state index contributed by atoms with van der Waals surface area (Å²) < 4.78 is 9.56. The molecule has 0 spiro atoms. The third kappa shape index (κ3) is 4.65. The first kappa shape index (κ1) is 25.2. The summed E-state index contributed by atoms with van der Waals surface area (Å²) in [5.41, 5.74) is 1.14. The number of carbonyl (C=O) groups excluding carboxylic acids is 1. The van der Waals surface area contributed by atoms with Crippen LogP contribution >= 0.6 is 0 Å². The third-order valence-electron chi connectivity index (χ3n) is 6.27. The molecule has 0 bridgehead atoms. The highest BCUT2D eigenvalue weighted by Crippen LogP contribution is 2.22. The van der Waals surface area contributed by atoms with Crippen LogP contribution in [0.15, 0.2) is 46.0 Å². The number of nitrogens with one attached hydrogen (secondary N) is 1. The van der Waals surface area contributed by atoms with Crippen molar-refractivity contribution < 1.29 is 9.53 Å². The number of rotatable bonds is 5. The van der Waals surface area contributed by atoms with Crippen LogP contribution in [0.4, 0.5) is 4.79 Å². The van der Waals surface area contributed by atoms with Gasteiger partial charge in [0.25, 0.3) is 5.56 Å². The quantitative estimate of drug-likeness (QED) is 0.458. The van der Waals surface area contributed by atoms with Crippen LogP contribution in [0.1, 0.15) is 57.6 Å². The number of fused-ring (bicyclic) bond motifs is 2. The zero-order valence-corrected chi connectivity index (χ0v) is 21.9. The first-order chi connectivity index (χ1) is 16.9. The molecule has 36 heavy (non-hydrogen) atoms. The lowest BCUT2D eigenvalue weighted by Crippen LogP contribution is -2.39. The fraction of sp³-hybridized carbons (Fsp3) is 0.407. The van der Waals surface area contributed by atoms with Gasteiger partial charge in [-0.2, -0.15) is 0 Å². The molecule has 1 atom stereocenters. The van der Waals surface area contributed by atoms with Crippen LogP contribution in [-0.2, 0) is 31.8 Å². The zero-order valence-electron chi connectivity index (χ0n) is 21.9. The SMILES string of the molecule is CCc1cccc2cc(Cn3c(=O)c4c(nc(C(C)NC(=O)OC(C)(C)C)n4C)n(C)c3=O)ccc12. The van der Waals surface area contributed by atoms with Crippen molar-refractivity contribution in [1.82, 2.24) is 24.0 Å². The molecule has 9 nitrogen and oxygen atoms in total. The van der Waals surface area contributed by atoms with Crippen molar-refractivity contribution in [1.29, 1.82) is 0 Å². The number of hydrogen-bond acceptors (Lipinski definition) is 5. The molecule has 0 aliphatic carbocycles. The lowest BCUT2D eigenvalue weighted by atomic mass is 10.0. The molecule has 190 valence electrons. The van der Waals surface area contributed by atoms with Gasteiger partial charge in [0.1, 0.15) is 11.4 Å². The highest BCUT2D eigenvalue weighted by Gasteiger charge is 2.24. The maximum Gasteiger partial charge on any atom is 0.408 e. The van der Waals surface area contributed by atoms with E-state index in [1.165, 1.54) is 20.1 Å². The van der Waals surface area contributed by atoms with Crippen molar-refractivity contribution in [2.24, 2.45) is 14.1 Å². The van der Waals surface area contributed by atoms with Gasteiger partial charge in [0.2, 0.25) is 0 Å². The summed E-state index contributed by atoms with van der Waals surface area (Å²) >= 11 is 0. The Kier molecular flexibility index (Phi) is 6.51. The fourth-order valence-corrected chi connectivity index (χ4v) is 4.53. The van der Waals surface area contributed by atoms with E-state index in [0.717, 1.165) is 17.4 Å². The zero-order chi connectivity index (χ0) is 26.4. The Hall–Kier alpha value is -3.88. The molecule has 4 aromatic rings. The number of hydrogen-bond donors (Lipinski definition) is 1. The Morgan fingerprint density at radius 2 is 1.83 bits per heavy atom. The molecule has 1 amide bonds. The third-order valence-corrected chi connectivity index (χ3v) is 6.27. The van der Waals surface area contributed by atoms with Crippen molar-refractivity contribution in [2.45, 2.75) is 59.2 Å². The molecular weight excluding hydrogens is 458 g/mol. The average Bonchev–Trinajstić information content (AvgIpc) is 3.16. The monoisotopic (exact) mass is 491 g/mol. The molecule has 9 heteroatoms. The van der Waals surface area contributed by atoms with Crippen molar-refractivity contribution in [3.8, 4) is 0 Å². The summed E-state index contributed by atoms with van der Waals surface area (Å²) in [5.74, 6) is 0.443. The summed E-state index contributed by atoms with van der Waals surface area (Å²) in [7, 11) is 3.30. The highest BCUT2D eigenvalue weighted by atomic mass is 16.6. The number of aryl methyl sites for hydroxylation is 3. The molecule has 0 aliphatic rings. The van der Waals surface area contributed by atoms with Crippen molar-refractivity contribution >= 4 is 28.0 Å². The van der Waals surface area contributed by atoms with Crippen LogP contribution in [0.5, 0.6) is 0 Å². The lowest BCUT2D eigenvalue weighted by molar-refractivity contribution is 0.0505. The molecule has 1 N–H and O–H groups in total. The smallest absolute Gasteiger partial charge is 0.408 e. The van der Waals surface area contributed by atoms with E-state index in [-0.39, 0.29) is 12.2 Å². The number of aromatic nitrogens is 4. The summed E-state index contributed by atoms with van der Waals surface area (Å²) in [6.07, 6.45) is 0.341. The highest BCUT2D eigenvalue weighted by molar-refractivity contribution is 5.86. The Bertz CT molecular complexity index is 1590. The number of amides is 1. The second-order valence-electron chi connectivity index (χ2n) is 10.1. The van der Waals surface area contributed by atoms with Gasteiger partial charge in [-0.1, -0.05) is 37.3 Å². The minimum absolute atomic E-state index is 0.139. The topological polar surface area (TPSA) is 100 Å². The van der Waals surface area contributed by atoms with Crippen LogP contribution in [0.25, 0.3) is 21.9 Å². The number of alkyl carbamates (subject to hydrolysis) is 1. The largest absolute Gasteiger partial charge is 0.444 e. The van der Waals surface area contributed by atoms with E-state index < -0.39 is 29.0 Å². The number of benzene rings is 2. The van der Waals surface area contributed by atoms with E-state index in [4.69, 9.17) is 4.74 Å². The fourth-order valence-electron chi connectivity index (χ4n) is 4.53. The molecule has 0 saturated carbocycles. The van der Waals surface area contributed by atoms with Gasteiger partial charge in [-0.25, -0.2) is 14.6 Å². The normalized spacial score (nSPS) is 12.8. The number of ether oxygens (including phenoxy) is 1. The first-order valence-electron chi connectivity index (χ1n) is 12.1. The summed E-state index contributed by atoms with van der Waals surface area (Å²) in [4.78, 5) is 43.5. The van der Waals surface area contributed by atoms with E-state index in [1.807, 2.05) is 30.3 Å². The maximum atomic E-state index is 13.5. The van der Waals surface area contributed by atoms with Crippen LogP contribution in [0, 0.1) is 0 Å². The lowest BCUT2D eigenvalue weighted by Gasteiger charge is -2.21. The molecule has 0 aliphatic heterocycles. The van der Waals surface area contributed by atoms with Crippen molar-refractivity contribution in [2.75, 3.05) is 0 Å². The molecular formula is C27H33N5O4. The predicted octanol–water partition coefficient (Wildman–Crippen LogP) is 3.78. The van der Waals surface area contributed by atoms with Crippen LogP contribution in [0.2, 0.25) is 0 Å². The average molecular weight is 492 g/mol. The Morgan fingerprint density at radius 1 is 1.11 bits per heavy atom. The molecule has 0 radical (unpaired) electrons. The molecule has 2 heterocycles. The molecule has 1 unspecified atom stereocenters. The second kappa shape index (κ2) is 9.29. The van der Waals surface area contributed by atoms with Gasteiger partial charge < -0.3 is 14.6 Å². The van der Waals surface area contributed by atoms with Gasteiger partial charge in [0.15, 0.2) is 11.2 Å². The number of nitrogens with zero attached hydrogens (tertiary/aromatic N) is 4. The second-order valence-corrected chi connectivity index (χ2v) is 10.1. The van der Waals surface area contributed by atoms with Gasteiger partial charge in [0, 0.05) is 14.1 Å². The molecule has 2 aromatic heterocycles. The standard InChI is InChI=1S/C27H33N5O4/c1-8-18-10-9-11-19-14-17(12-13-20(18)19)15-32-24(33)21-23(31(7)26(32)35)29-22(30(21)6)16(2)28-25(34)36-27(3,4)5/h9-14,16H,8,15H2,1-7H3,(H,28,34). The van der Waals surface area contributed by atoms with Gasteiger partial charge in [-0.15, -0.1) is 0 Å². The molecule has 2 aromatic carbocycles. The van der Waals surface area contributed by atoms with Crippen molar-refractivity contribution in [3.63, 3.8) is 0 Å². The Labute approximate surface area is 209 Å². The van der Waals surface area contributed by atoms with E-state index >= 15 is 0 Å². The summed E-state index contributed by atoms with van der Waals surface area (Å²) in [5, 5.41) is 4.99. The van der Waals surface area contributed by atoms with Crippen LogP contribution < -0.4 is 16.6 Å². The van der Waals surface area contributed by atoms with E-state index in [0.29, 0.717) is 11.3 Å². The number of carbonyl (C=O) groups is 1. The van der Waals surface area contributed by atoms with Gasteiger partial charge in [0.05, 0.1) is 12.6 Å². The van der Waals surface area contributed by atoms with Crippen molar-refractivity contribution in [3.05, 3.63) is 74.2 Å². The Morgan fingerprint density at radius 3 is 2.50 bits per heavy atom. The number of imidazole rings is 1. The van der Waals surface area contributed by atoms with Gasteiger partial charge in [-0.05, 0) is 62.1 Å². The first-order valence-corrected chi connectivity index (χ1v) is 12.1. The van der Waals surface area contributed by atoms with Crippen LogP contribution in [-0.4, -0.2) is 30.4 Å². The van der Waals surface area contributed by atoms with E-state index in [9.17, 15) is 14.4 Å². The molecule has 0 fully saturated rings. The van der Waals surface area contributed by atoms with E-state index in [2.05, 4.69) is 23.3 Å². The Balaban J connectivity index is 1.74. The van der Waals surface area contributed by atoms with Crippen LogP contribution in [0.3, 0.4) is 0 Å². The minimum atomic E-state index is -0.644. The maximum absolute atomic E-state index is 13.5. The molecule has 0 saturated heterocycles. The molecule has 4 rings (SSSR count). The van der Waals surface area contributed by atoms with Gasteiger partial charge >= 0.3 is 11.8 Å². The predicted molar refractivity (Wildman–Crippen MR) is 140 cm³/mol. The summed E-state index contributed by atoms with van der Waals surface area (Å²) in [6.45, 7) is 9.35. The minimum Gasteiger partial charge on any atom is -0.444 e.